The van der Waals surface area contributed by atoms with Crippen molar-refractivity contribution in [3.05, 3.63) is 0 Å². The Morgan fingerprint density at radius 2 is 1.67 bits per heavy atom. The molecule has 0 spiro atoms. The Morgan fingerprint density at radius 3 is 1.92 bits per heavy atom. The summed E-state index contributed by atoms with van der Waals surface area (Å²) in [5.41, 5.74) is -0.468. The molecule has 0 aromatic heterocycles. The number of nitrogens with one attached hydrogen (secondary N) is 1. The van der Waals surface area contributed by atoms with Crippen molar-refractivity contribution in [2.75, 3.05) is 5.33 Å². The highest BCUT2D eigenvalue weighted by atomic mass is 79.9. The lowest BCUT2D eigenvalue weighted by molar-refractivity contribution is -0.129. The first-order valence-electron chi connectivity index (χ1n) is 4.07. The molecule has 0 aromatic rings. The van der Waals surface area contributed by atoms with Crippen LogP contribution >= 0.6 is 15.9 Å². The van der Waals surface area contributed by atoms with Gasteiger partial charge in [-0.05, 0) is 13.8 Å². The number of carbonyl (C=O) groups is 1. The van der Waals surface area contributed by atoms with Gasteiger partial charge in [0.05, 0.1) is 0 Å². The molecule has 2 nitrogen and oxygen atoms in total. The molecule has 0 saturated carbocycles. The second-order valence-electron chi connectivity index (χ2n) is 4.72. The molecule has 1 amide bonds. The monoisotopic (exact) mass is 235 g/mol. The van der Waals surface area contributed by atoms with Crippen LogP contribution in [0.3, 0.4) is 0 Å². The predicted molar refractivity (Wildman–Crippen MR) is 55.5 cm³/mol. The maximum absolute atomic E-state index is 11.5. The molecule has 0 aromatic carbocycles. The first kappa shape index (κ1) is 11.9. The van der Waals surface area contributed by atoms with E-state index >= 15 is 0 Å². The second kappa shape index (κ2) is 3.77. The Morgan fingerprint density at radius 1 is 1.25 bits per heavy atom. The minimum absolute atomic E-state index is 0.0898. The second-order valence-corrected chi connectivity index (χ2v) is 5.28. The number of carbonyl (C=O) groups excluding carboxylic acids is 1. The molecule has 0 saturated heterocycles. The number of rotatable bonds is 2. The van der Waals surface area contributed by atoms with Crippen molar-refractivity contribution < 1.29 is 4.79 Å². The highest BCUT2D eigenvalue weighted by Crippen LogP contribution is 2.16. The quantitative estimate of drug-likeness (QED) is 0.732. The third-order valence-electron chi connectivity index (χ3n) is 1.47. The standard InChI is InChI=1S/C9H18BrNO/c1-8(2,3)7(12)11-9(4,5)6-10/h6H2,1-5H3,(H,11,12). The van der Waals surface area contributed by atoms with Crippen molar-refractivity contribution in [3.8, 4) is 0 Å². The van der Waals surface area contributed by atoms with Crippen LogP contribution in [-0.4, -0.2) is 16.8 Å². The van der Waals surface area contributed by atoms with Gasteiger partial charge in [-0.2, -0.15) is 0 Å². The molecule has 0 fully saturated rings. The Kier molecular flexibility index (Phi) is 3.76. The van der Waals surface area contributed by atoms with E-state index in [1.54, 1.807) is 0 Å². The van der Waals surface area contributed by atoms with E-state index in [0.29, 0.717) is 0 Å². The summed E-state index contributed by atoms with van der Waals surface area (Å²) in [5.74, 6) is 0.0898. The Hall–Kier alpha value is -0.0500. The maximum atomic E-state index is 11.5. The highest BCUT2D eigenvalue weighted by Gasteiger charge is 2.26. The molecule has 0 aliphatic heterocycles. The number of hydrogen-bond donors (Lipinski definition) is 1. The van der Waals surface area contributed by atoms with E-state index in [9.17, 15) is 4.79 Å². The van der Waals surface area contributed by atoms with Gasteiger partial charge in [0.25, 0.3) is 0 Å². The zero-order valence-electron chi connectivity index (χ0n) is 8.49. The summed E-state index contributed by atoms with van der Waals surface area (Å²) in [4.78, 5) is 11.5. The van der Waals surface area contributed by atoms with Gasteiger partial charge in [0, 0.05) is 16.3 Å². The average molecular weight is 236 g/mol. The molecular weight excluding hydrogens is 218 g/mol. The number of hydrogen-bond acceptors (Lipinski definition) is 1. The lowest BCUT2D eigenvalue weighted by Gasteiger charge is -2.28. The summed E-state index contributed by atoms with van der Waals surface area (Å²) in [6.45, 7) is 9.71. The van der Waals surface area contributed by atoms with Crippen LogP contribution < -0.4 is 5.32 Å². The van der Waals surface area contributed by atoms with Gasteiger partial charge in [0.15, 0.2) is 0 Å². The Labute approximate surface area is 83.2 Å². The van der Waals surface area contributed by atoms with Gasteiger partial charge >= 0.3 is 0 Å². The summed E-state index contributed by atoms with van der Waals surface area (Å²) in [5, 5.41) is 3.73. The maximum Gasteiger partial charge on any atom is 0.225 e. The summed E-state index contributed by atoms with van der Waals surface area (Å²) in [7, 11) is 0. The van der Waals surface area contributed by atoms with Gasteiger partial charge < -0.3 is 5.32 Å². The zero-order valence-corrected chi connectivity index (χ0v) is 10.1. The van der Waals surface area contributed by atoms with Crippen LogP contribution in [0.15, 0.2) is 0 Å². The molecule has 0 aliphatic carbocycles. The van der Waals surface area contributed by atoms with E-state index < -0.39 is 0 Å². The van der Waals surface area contributed by atoms with Crippen LogP contribution in [0.1, 0.15) is 34.6 Å². The fourth-order valence-electron chi connectivity index (χ4n) is 0.528. The third kappa shape index (κ3) is 4.10. The van der Waals surface area contributed by atoms with E-state index in [-0.39, 0.29) is 16.9 Å². The average Bonchev–Trinajstić information content (AvgIpc) is 1.85. The van der Waals surface area contributed by atoms with E-state index in [4.69, 9.17) is 0 Å². The molecule has 0 atom stereocenters. The lowest BCUT2D eigenvalue weighted by atomic mass is 9.94. The van der Waals surface area contributed by atoms with Crippen LogP contribution in [0.25, 0.3) is 0 Å². The third-order valence-corrected chi connectivity index (χ3v) is 2.87. The van der Waals surface area contributed by atoms with E-state index in [0.717, 1.165) is 5.33 Å². The van der Waals surface area contributed by atoms with E-state index in [1.165, 1.54) is 0 Å². The largest absolute Gasteiger partial charge is 0.350 e. The van der Waals surface area contributed by atoms with Gasteiger partial charge in [0.2, 0.25) is 5.91 Å². The SMILES string of the molecule is CC(C)(CBr)NC(=O)C(C)(C)C. The summed E-state index contributed by atoms with van der Waals surface area (Å²) in [6, 6.07) is 0. The smallest absolute Gasteiger partial charge is 0.225 e. The van der Waals surface area contributed by atoms with Gasteiger partial charge in [0.1, 0.15) is 0 Å². The van der Waals surface area contributed by atoms with Crippen LogP contribution in [-0.2, 0) is 4.79 Å². The highest BCUT2D eigenvalue weighted by molar-refractivity contribution is 9.09. The summed E-state index contributed by atoms with van der Waals surface area (Å²) >= 11 is 3.35. The van der Waals surface area contributed by atoms with Crippen molar-refractivity contribution in [1.82, 2.24) is 5.32 Å². The minimum atomic E-state index is -0.306. The lowest BCUT2D eigenvalue weighted by Crippen LogP contribution is -2.49. The van der Waals surface area contributed by atoms with Crippen LogP contribution in [0.2, 0.25) is 0 Å². The zero-order chi connectivity index (χ0) is 9.99. The molecule has 0 aliphatic rings. The first-order chi connectivity index (χ1) is 5.19. The minimum Gasteiger partial charge on any atom is -0.350 e. The molecule has 0 heterocycles. The molecule has 0 rings (SSSR count). The Bertz CT molecular complexity index is 170. The molecule has 0 unspecified atom stereocenters. The van der Waals surface area contributed by atoms with Gasteiger partial charge in [-0.15, -0.1) is 0 Å². The van der Waals surface area contributed by atoms with Crippen molar-refractivity contribution in [2.45, 2.75) is 40.2 Å². The number of alkyl halides is 1. The van der Waals surface area contributed by atoms with Gasteiger partial charge in [-0.3, -0.25) is 4.79 Å². The molecule has 3 heteroatoms. The van der Waals surface area contributed by atoms with E-state index in [2.05, 4.69) is 21.2 Å². The first-order valence-corrected chi connectivity index (χ1v) is 5.20. The van der Waals surface area contributed by atoms with E-state index in [1.807, 2.05) is 34.6 Å². The molecule has 0 radical (unpaired) electrons. The number of halogens is 1. The fraction of sp³-hybridized carbons (Fsp3) is 0.889. The van der Waals surface area contributed by atoms with Crippen molar-refractivity contribution >= 4 is 21.8 Å². The topological polar surface area (TPSA) is 29.1 Å². The predicted octanol–water partition coefficient (Wildman–Crippen LogP) is 2.32. The summed E-state index contributed by atoms with van der Waals surface area (Å²) < 4.78 is 0. The van der Waals surface area contributed by atoms with Crippen molar-refractivity contribution in [2.24, 2.45) is 5.41 Å². The molecular formula is C9H18BrNO. The molecule has 72 valence electrons. The summed E-state index contributed by atoms with van der Waals surface area (Å²) in [6.07, 6.45) is 0. The fourth-order valence-corrected chi connectivity index (χ4v) is 0.668. The normalized spacial score (nSPS) is 12.8. The van der Waals surface area contributed by atoms with Crippen LogP contribution in [0.4, 0.5) is 0 Å². The molecule has 1 N–H and O–H groups in total. The Balaban J connectivity index is 4.20. The molecule has 0 bridgehead atoms. The van der Waals surface area contributed by atoms with Gasteiger partial charge in [-0.25, -0.2) is 0 Å². The van der Waals surface area contributed by atoms with Crippen molar-refractivity contribution in [3.63, 3.8) is 0 Å². The van der Waals surface area contributed by atoms with Crippen LogP contribution in [0, 0.1) is 5.41 Å². The molecule has 12 heavy (non-hydrogen) atoms. The number of amides is 1. The van der Waals surface area contributed by atoms with Crippen LogP contribution in [0.5, 0.6) is 0 Å². The van der Waals surface area contributed by atoms with Gasteiger partial charge in [-0.1, -0.05) is 36.7 Å². The van der Waals surface area contributed by atoms with Crippen molar-refractivity contribution in [1.29, 1.82) is 0 Å².